The zero-order chi connectivity index (χ0) is 23.0. The molecule has 0 spiro atoms. The molecule has 0 radical (unpaired) electrons. The Morgan fingerprint density at radius 3 is 2.47 bits per heavy atom. The van der Waals surface area contributed by atoms with Gasteiger partial charge in [-0.1, -0.05) is 6.92 Å². The van der Waals surface area contributed by atoms with Crippen LogP contribution in [0.1, 0.15) is 49.0 Å². The van der Waals surface area contributed by atoms with E-state index in [0.717, 1.165) is 5.56 Å². The summed E-state index contributed by atoms with van der Waals surface area (Å²) < 4.78 is 37.5. The van der Waals surface area contributed by atoms with Crippen molar-refractivity contribution in [1.29, 1.82) is 0 Å². The number of hydrogen-bond acceptors (Lipinski definition) is 6. The third-order valence-electron chi connectivity index (χ3n) is 5.29. The lowest BCUT2D eigenvalue weighted by atomic mass is 10.1. The summed E-state index contributed by atoms with van der Waals surface area (Å²) in [6.45, 7) is 5.41. The molecule has 1 amide bonds. The number of hydrogen-bond donors (Lipinski definition) is 1. The number of carbonyl (C=O) groups is 1. The molecule has 32 heavy (non-hydrogen) atoms. The summed E-state index contributed by atoms with van der Waals surface area (Å²) in [5.41, 5.74) is 1.46. The fraction of sp³-hybridized carbons (Fsp3) is 0.478. The molecule has 1 saturated heterocycles. The van der Waals surface area contributed by atoms with Crippen molar-refractivity contribution in [3.63, 3.8) is 0 Å². The van der Waals surface area contributed by atoms with Crippen LogP contribution in [0, 0.1) is 0 Å². The van der Waals surface area contributed by atoms with Crippen molar-refractivity contribution in [3.05, 3.63) is 53.9 Å². The maximum absolute atomic E-state index is 12.8. The van der Waals surface area contributed by atoms with Crippen LogP contribution < -0.4 is 14.8 Å². The number of amides is 1. The van der Waals surface area contributed by atoms with Gasteiger partial charge in [0.25, 0.3) is 5.91 Å². The first-order chi connectivity index (χ1) is 15.4. The van der Waals surface area contributed by atoms with E-state index in [1.807, 2.05) is 26.0 Å². The zero-order valence-electron chi connectivity index (χ0n) is 18.6. The molecule has 1 aliphatic rings. The molecule has 9 heteroatoms. The predicted octanol–water partition coefficient (Wildman–Crippen LogP) is 2.99. The Morgan fingerprint density at radius 1 is 1.09 bits per heavy atom. The summed E-state index contributed by atoms with van der Waals surface area (Å²) in [7, 11) is -3.19. The van der Waals surface area contributed by atoms with Crippen molar-refractivity contribution >= 4 is 15.9 Å². The van der Waals surface area contributed by atoms with Gasteiger partial charge in [-0.2, -0.15) is 0 Å². The molecule has 1 aromatic carbocycles. The minimum atomic E-state index is -3.19. The van der Waals surface area contributed by atoms with E-state index in [1.165, 1.54) is 4.31 Å². The van der Waals surface area contributed by atoms with E-state index < -0.39 is 10.0 Å². The summed E-state index contributed by atoms with van der Waals surface area (Å²) >= 11 is 0. The number of pyridine rings is 1. The first kappa shape index (κ1) is 24.0. The van der Waals surface area contributed by atoms with Crippen molar-refractivity contribution in [2.45, 2.75) is 45.8 Å². The molecule has 2 aromatic rings. The highest BCUT2D eigenvalue weighted by Crippen LogP contribution is 2.29. The summed E-state index contributed by atoms with van der Waals surface area (Å²) in [5.74, 6) is 1.03. The van der Waals surface area contributed by atoms with Gasteiger partial charge in [-0.25, -0.2) is 12.7 Å². The van der Waals surface area contributed by atoms with E-state index in [2.05, 4.69) is 10.3 Å². The SMILES string of the molecule is CCCS(=O)(=O)N1CCC(NC(=O)c2ccc(OCc3ccncc3)c(OCC)c2)CC1. The Labute approximate surface area is 190 Å². The van der Waals surface area contributed by atoms with Gasteiger partial charge in [0.15, 0.2) is 11.5 Å². The van der Waals surface area contributed by atoms with Crippen LogP contribution in [0.3, 0.4) is 0 Å². The lowest BCUT2D eigenvalue weighted by Gasteiger charge is -2.31. The Balaban J connectivity index is 1.60. The van der Waals surface area contributed by atoms with Gasteiger partial charge in [0.1, 0.15) is 6.61 Å². The zero-order valence-corrected chi connectivity index (χ0v) is 19.4. The number of nitrogens with zero attached hydrogens (tertiary/aromatic N) is 2. The maximum Gasteiger partial charge on any atom is 0.251 e. The molecule has 0 unspecified atom stereocenters. The van der Waals surface area contributed by atoms with Crippen molar-refractivity contribution in [2.24, 2.45) is 0 Å². The van der Waals surface area contributed by atoms with E-state index in [1.54, 1.807) is 30.6 Å². The molecule has 0 atom stereocenters. The second kappa shape index (κ2) is 11.3. The lowest BCUT2D eigenvalue weighted by molar-refractivity contribution is 0.0923. The molecule has 1 aromatic heterocycles. The van der Waals surface area contributed by atoms with E-state index in [0.29, 0.717) is 62.6 Å². The molecular formula is C23H31N3O5S. The average molecular weight is 462 g/mol. The molecule has 174 valence electrons. The number of nitrogens with one attached hydrogen (secondary N) is 1. The van der Waals surface area contributed by atoms with Crippen LogP contribution in [-0.4, -0.2) is 55.1 Å². The standard InChI is InChI=1S/C23H31N3O5S/c1-3-15-32(28,29)26-13-9-20(10-14-26)25-23(27)19-5-6-21(22(16-19)30-4-2)31-17-18-7-11-24-12-8-18/h5-8,11-12,16,20H,3-4,9-10,13-15,17H2,1-2H3,(H,25,27). The predicted molar refractivity (Wildman–Crippen MR) is 122 cm³/mol. The van der Waals surface area contributed by atoms with Crippen LogP contribution in [-0.2, 0) is 16.6 Å². The summed E-state index contributed by atoms with van der Waals surface area (Å²) in [4.78, 5) is 16.8. The van der Waals surface area contributed by atoms with Crippen molar-refractivity contribution in [3.8, 4) is 11.5 Å². The minimum Gasteiger partial charge on any atom is -0.490 e. The first-order valence-corrected chi connectivity index (χ1v) is 12.6. The molecule has 8 nitrogen and oxygen atoms in total. The van der Waals surface area contributed by atoms with Gasteiger partial charge in [-0.05, 0) is 62.1 Å². The summed E-state index contributed by atoms with van der Waals surface area (Å²) in [6, 6.07) is 8.82. The van der Waals surface area contributed by atoms with E-state index in [4.69, 9.17) is 9.47 Å². The number of ether oxygens (including phenoxy) is 2. The van der Waals surface area contributed by atoms with Gasteiger partial charge in [-0.3, -0.25) is 9.78 Å². The van der Waals surface area contributed by atoms with Gasteiger partial charge in [0.2, 0.25) is 10.0 Å². The number of benzene rings is 1. The van der Waals surface area contributed by atoms with Crippen LogP contribution in [0.4, 0.5) is 0 Å². The largest absolute Gasteiger partial charge is 0.490 e. The summed E-state index contributed by atoms with van der Waals surface area (Å²) in [6.07, 6.45) is 5.21. The van der Waals surface area contributed by atoms with Crippen molar-refractivity contribution in [1.82, 2.24) is 14.6 Å². The average Bonchev–Trinajstić information content (AvgIpc) is 2.79. The lowest BCUT2D eigenvalue weighted by Crippen LogP contribution is -2.47. The van der Waals surface area contributed by atoms with Gasteiger partial charge in [0.05, 0.1) is 12.4 Å². The van der Waals surface area contributed by atoms with Crippen LogP contribution in [0.15, 0.2) is 42.7 Å². The molecule has 3 rings (SSSR count). The van der Waals surface area contributed by atoms with Crippen molar-refractivity contribution in [2.75, 3.05) is 25.4 Å². The third kappa shape index (κ3) is 6.43. The highest BCUT2D eigenvalue weighted by molar-refractivity contribution is 7.89. The Kier molecular flexibility index (Phi) is 8.46. The molecule has 1 fully saturated rings. The maximum atomic E-state index is 12.8. The van der Waals surface area contributed by atoms with Gasteiger partial charge >= 0.3 is 0 Å². The molecule has 0 aliphatic carbocycles. The summed E-state index contributed by atoms with van der Waals surface area (Å²) in [5, 5.41) is 3.02. The van der Waals surface area contributed by atoms with Gasteiger partial charge in [0, 0.05) is 37.1 Å². The molecule has 2 heterocycles. The highest BCUT2D eigenvalue weighted by atomic mass is 32.2. The van der Waals surface area contributed by atoms with E-state index in [-0.39, 0.29) is 17.7 Å². The second-order valence-electron chi connectivity index (χ2n) is 7.70. The topological polar surface area (TPSA) is 97.8 Å². The third-order valence-corrected chi connectivity index (χ3v) is 7.37. The fourth-order valence-electron chi connectivity index (χ4n) is 3.61. The Bertz CT molecular complexity index is 990. The molecule has 0 bridgehead atoms. The fourth-order valence-corrected chi connectivity index (χ4v) is 5.15. The van der Waals surface area contributed by atoms with E-state index in [9.17, 15) is 13.2 Å². The van der Waals surface area contributed by atoms with Crippen LogP contribution in [0.25, 0.3) is 0 Å². The number of rotatable bonds is 10. The van der Waals surface area contributed by atoms with Gasteiger partial charge < -0.3 is 14.8 Å². The van der Waals surface area contributed by atoms with Crippen LogP contribution in [0.2, 0.25) is 0 Å². The van der Waals surface area contributed by atoms with Gasteiger partial charge in [-0.15, -0.1) is 0 Å². The normalized spacial score (nSPS) is 15.3. The second-order valence-corrected chi connectivity index (χ2v) is 9.79. The first-order valence-electron chi connectivity index (χ1n) is 11.0. The number of aromatic nitrogens is 1. The quantitative estimate of drug-likeness (QED) is 0.584. The molecule has 1 aliphatic heterocycles. The number of piperidine rings is 1. The molecular weight excluding hydrogens is 430 g/mol. The number of carbonyl (C=O) groups excluding carboxylic acids is 1. The molecule has 0 saturated carbocycles. The Hall–Kier alpha value is -2.65. The highest BCUT2D eigenvalue weighted by Gasteiger charge is 2.28. The van der Waals surface area contributed by atoms with Crippen molar-refractivity contribution < 1.29 is 22.7 Å². The van der Waals surface area contributed by atoms with E-state index >= 15 is 0 Å². The monoisotopic (exact) mass is 461 g/mol. The van der Waals surface area contributed by atoms with Crippen LogP contribution >= 0.6 is 0 Å². The smallest absolute Gasteiger partial charge is 0.251 e. The molecule has 1 N–H and O–H groups in total. The minimum absolute atomic E-state index is 0.0614. The van der Waals surface area contributed by atoms with Crippen LogP contribution in [0.5, 0.6) is 11.5 Å². The number of sulfonamides is 1. The Morgan fingerprint density at radius 2 is 1.81 bits per heavy atom.